The summed E-state index contributed by atoms with van der Waals surface area (Å²) in [7, 11) is 7.61. The Morgan fingerprint density at radius 2 is 1.67 bits per heavy atom. The minimum Gasteiger partial charge on any atom is -0.333 e. The van der Waals surface area contributed by atoms with Crippen molar-refractivity contribution < 1.29 is 4.79 Å². The van der Waals surface area contributed by atoms with Gasteiger partial charge < -0.3 is 16.3 Å². The molecule has 2 aromatic rings. The third kappa shape index (κ3) is 13.8. The SMILES string of the molecule is C=O.CC.CC.CN.NCC1=CCCC=C1.[B]c1ccc(CC(/C=C\C)=C/C)c2c(C=C)cccc12. The molecule has 2 aromatic carbocycles. The van der Waals surface area contributed by atoms with Crippen LogP contribution in [0.1, 0.15) is 65.5 Å². The maximum absolute atomic E-state index is 8.00. The summed E-state index contributed by atoms with van der Waals surface area (Å²) in [6.45, 7) is 18.7. The van der Waals surface area contributed by atoms with Gasteiger partial charge in [0.05, 0.1) is 0 Å². The summed E-state index contributed by atoms with van der Waals surface area (Å²) in [5.74, 6) is 0. The first-order valence-corrected chi connectivity index (χ1v) is 12.8. The predicted octanol–water partition coefficient (Wildman–Crippen LogP) is 7.01. The first kappa shape index (κ1) is 37.6. The second-order valence-electron chi connectivity index (χ2n) is 6.79. The highest BCUT2D eigenvalue weighted by Gasteiger charge is 2.07. The van der Waals surface area contributed by atoms with Crippen molar-refractivity contribution in [2.75, 3.05) is 13.6 Å². The molecule has 0 unspecified atom stereocenters. The zero-order valence-electron chi connectivity index (χ0n) is 23.8. The number of rotatable bonds is 5. The van der Waals surface area contributed by atoms with Crippen molar-refractivity contribution in [1.29, 1.82) is 0 Å². The van der Waals surface area contributed by atoms with E-state index in [4.69, 9.17) is 18.4 Å². The summed E-state index contributed by atoms with van der Waals surface area (Å²) in [4.78, 5) is 8.00. The van der Waals surface area contributed by atoms with Gasteiger partial charge in [0, 0.05) is 6.54 Å². The zero-order chi connectivity index (χ0) is 28.4. The van der Waals surface area contributed by atoms with Gasteiger partial charge in [-0.1, -0.05) is 113 Å². The highest BCUT2D eigenvalue weighted by molar-refractivity contribution is 6.39. The van der Waals surface area contributed by atoms with E-state index in [-0.39, 0.29) is 0 Å². The molecule has 0 bridgehead atoms. The Balaban J connectivity index is -0.000000566. The second kappa shape index (κ2) is 26.7. The summed E-state index contributed by atoms with van der Waals surface area (Å²) < 4.78 is 0. The third-order valence-corrected chi connectivity index (χ3v) is 4.87. The number of fused-ring (bicyclic) bond motifs is 1. The zero-order valence-corrected chi connectivity index (χ0v) is 23.8. The molecule has 0 aliphatic heterocycles. The Morgan fingerprint density at radius 3 is 2.11 bits per heavy atom. The van der Waals surface area contributed by atoms with Crippen molar-refractivity contribution in [3.63, 3.8) is 0 Å². The van der Waals surface area contributed by atoms with Crippen LogP contribution in [0.2, 0.25) is 0 Å². The van der Waals surface area contributed by atoms with Gasteiger partial charge in [0.2, 0.25) is 0 Å². The monoisotopic (exact) mass is 488 g/mol. The molecule has 0 amide bonds. The molecule has 0 heterocycles. The van der Waals surface area contributed by atoms with Crippen molar-refractivity contribution in [2.24, 2.45) is 11.5 Å². The van der Waals surface area contributed by atoms with E-state index >= 15 is 0 Å². The summed E-state index contributed by atoms with van der Waals surface area (Å²) >= 11 is 0. The van der Waals surface area contributed by atoms with Gasteiger partial charge in [-0.2, -0.15) is 0 Å². The predicted molar refractivity (Wildman–Crippen MR) is 167 cm³/mol. The van der Waals surface area contributed by atoms with Crippen LogP contribution in [0.15, 0.2) is 84.5 Å². The lowest BCUT2D eigenvalue weighted by Crippen LogP contribution is -2.06. The molecule has 0 aromatic heterocycles. The van der Waals surface area contributed by atoms with E-state index in [1.807, 2.05) is 59.6 Å². The molecule has 0 saturated carbocycles. The average molecular weight is 489 g/mol. The number of carbonyl (C=O) groups excluding carboxylic acids is 1. The fourth-order valence-electron chi connectivity index (χ4n) is 3.36. The van der Waals surface area contributed by atoms with E-state index in [9.17, 15) is 0 Å². The molecule has 3 rings (SSSR count). The van der Waals surface area contributed by atoms with Gasteiger partial charge in [-0.25, -0.2) is 0 Å². The molecular weight excluding hydrogens is 439 g/mol. The molecule has 4 N–H and O–H groups in total. The van der Waals surface area contributed by atoms with Gasteiger partial charge in [0.15, 0.2) is 0 Å². The van der Waals surface area contributed by atoms with E-state index in [1.165, 1.54) is 42.0 Å². The Hall–Kier alpha value is -2.95. The molecule has 196 valence electrons. The minimum atomic E-state index is 0.691. The van der Waals surface area contributed by atoms with Crippen molar-refractivity contribution in [3.8, 4) is 0 Å². The lowest BCUT2D eigenvalue weighted by Gasteiger charge is -2.12. The van der Waals surface area contributed by atoms with E-state index in [2.05, 4.69) is 73.9 Å². The van der Waals surface area contributed by atoms with Crippen LogP contribution in [-0.2, 0) is 11.2 Å². The lowest BCUT2D eigenvalue weighted by molar-refractivity contribution is -0.0979. The van der Waals surface area contributed by atoms with Crippen LogP contribution >= 0.6 is 0 Å². The largest absolute Gasteiger partial charge is 0.333 e. The number of carbonyl (C=O) groups is 1. The van der Waals surface area contributed by atoms with Gasteiger partial charge in [0.1, 0.15) is 14.6 Å². The van der Waals surface area contributed by atoms with E-state index in [1.54, 1.807) is 0 Å². The Labute approximate surface area is 223 Å². The van der Waals surface area contributed by atoms with Crippen molar-refractivity contribution in [1.82, 2.24) is 0 Å². The standard InChI is InChI=1S/C19H19B.C7H11N.2C2H6.CH5N.CH2O/c1-4-8-14(5-2)13-16-11-12-18(20)17-10-7-9-15(6-3)19(16)17;8-6-7-4-2-1-3-5-7;4*1-2/h4-12H,3,13H2,1-2H3;2,4-5H,1,3,6,8H2;2*1-2H3;2H2,1H3;1H2/b8-4-,14-5+;;;;;. The van der Waals surface area contributed by atoms with Gasteiger partial charge in [-0.3, -0.25) is 0 Å². The van der Waals surface area contributed by atoms with Crippen LogP contribution in [0, 0.1) is 0 Å². The lowest BCUT2D eigenvalue weighted by atomic mass is 9.85. The maximum atomic E-state index is 8.00. The van der Waals surface area contributed by atoms with Crippen LogP contribution in [0.25, 0.3) is 16.8 Å². The first-order chi connectivity index (χ1) is 17.6. The van der Waals surface area contributed by atoms with Gasteiger partial charge in [-0.05, 0) is 73.2 Å². The molecule has 3 nitrogen and oxygen atoms in total. The molecule has 36 heavy (non-hydrogen) atoms. The van der Waals surface area contributed by atoms with E-state index in [0.29, 0.717) is 6.54 Å². The highest BCUT2D eigenvalue weighted by Crippen LogP contribution is 2.25. The van der Waals surface area contributed by atoms with Gasteiger partial charge in [-0.15, -0.1) is 0 Å². The molecule has 1 aliphatic rings. The highest BCUT2D eigenvalue weighted by atomic mass is 16.1. The van der Waals surface area contributed by atoms with Crippen molar-refractivity contribution in [3.05, 3.63) is 95.6 Å². The maximum Gasteiger partial charge on any atom is 0.114 e. The number of nitrogens with two attached hydrogens (primary N) is 2. The third-order valence-electron chi connectivity index (χ3n) is 4.87. The van der Waals surface area contributed by atoms with Crippen molar-refractivity contribution in [2.45, 2.75) is 60.8 Å². The molecular formula is C32H49BN2O. The molecule has 0 spiro atoms. The fourth-order valence-corrected chi connectivity index (χ4v) is 3.36. The molecule has 4 heteroatoms. The Bertz CT molecular complexity index is 956. The Kier molecular flexibility index (Phi) is 27.8. The summed E-state index contributed by atoms with van der Waals surface area (Å²) in [6.07, 6.45) is 18.0. The number of hydrogen-bond acceptors (Lipinski definition) is 3. The normalized spacial score (nSPS) is 11.5. The fraction of sp³-hybridized carbons (Fsp3) is 0.344. The second-order valence-corrected chi connectivity index (χ2v) is 6.79. The Morgan fingerprint density at radius 1 is 1.03 bits per heavy atom. The van der Waals surface area contributed by atoms with Crippen LogP contribution in [-0.4, -0.2) is 28.2 Å². The molecule has 1 aliphatic carbocycles. The van der Waals surface area contributed by atoms with E-state index < -0.39 is 0 Å². The molecule has 0 fully saturated rings. The summed E-state index contributed by atoms with van der Waals surface area (Å²) in [5.41, 5.74) is 15.7. The summed E-state index contributed by atoms with van der Waals surface area (Å²) in [6, 6.07) is 10.3. The first-order valence-electron chi connectivity index (χ1n) is 12.8. The average Bonchev–Trinajstić information content (AvgIpc) is 2.98. The number of benzene rings is 2. The number of hydrogen-bond donors (Lipinski definition) is 2. The van der Waals surface area contributed by atoms with Crippen LogP contribution < -0.4 is 16.9 Å². The topological polar surface area (TPSA) is 69.1 Å². The molecule has 2 radical (unpaired) electrons. The minimum absolute atomic E-state index is 0.691. The quantitative estimate of drug-likeness (QED) is 0.351. The summed E-state index contributed by atoms with van der Waals surface area (Å²) in [5, 5.41) is 2.32. The van der Waals surface area contributed by atoms with Crippen LogP contribution in [0.3, 0.4) is 0 Å². The van der Waals surface area contributed by atoms with Gasteiger partial charge in [0.25, 0.3) is 0 Å². The number of allylic oxidation sites excluding steroid dienone is 6. The van der Waals surface area contributed by atoms with E-state index in [0.717, 1.165) is 22.8 Å². The van der Waals surface area contributed by atoms with Gasteiger partial charge >= 0.3 is 0 Å². The smallest absolute Gasteiger partial charge is 0.114 e. The molecule has 0 atom stereocenters. The van der Waals surface area contributed by atoms with Crippen LogP contribution in [0.4, 0.5) is 0 Å². The van der Waals surface area contributed by atoms with Crippen LogP contribution in [0.5, 0.6) is 0 Å². The molecule has 0 saturated heterocycles. The van der Waals surface area contributed by atoms with Crippen molar-refractivity contribution >= 4 is 36.9 Å².